The number of aromatic nitrogens is 3. The van der Waals surface area contributed by atoms with Gasteiger partial charge in [0.2, 0.25) is 5.28 Å². The van der Waals surface area contributed by atoms with Gasteiger partial charge in [-0.05, 0) is 29.8 Å². The van der Waals surface area contributed by atoms with Gasteiger partial charge in [0.05, 0.1) is 20.9 Å². The van der Waals surface area contributed by atoms with E-state index in [0.717, 1.165) is 16.2 Å². The van der Waals surface area contributed by atoms with Crippen LogP contribution in [0.25, 0.3) is 10.2 Å². The van der Waals surface area contributed by atoms with Crippen LogP contribution in [0.4, 0.5) is 0 Å². The first kappa shape index (κ1) is 10.6. The number of thiazole rings is 1. The Morgan fingerprint density at radius 2 is 2.00 bits per heavy atom. The third-order valence-corrected chi connectivity index (χ3v) is 3.57. The van der Waals surface area contributed by atoms with Crippen LogP contribution in [0.2, 0.25) is 5.28 Å². The van der Waals surface area contributed by atoms with Gasteiger partial charge in [-0.1, -0.05) is 12.1 Å². The van der Waals surface area contributed by atoms with E-state index in [1.165, 1.54) is 4.70 Å². The minimum Gasteiger partial charge on any atom is -0.241 e. The Labute approximate surface area is 107 Å². The first-order valence-electron chi connectivity index (χ1n) is 5.13. The molecule has 5 heteroatoms. The Bertz CT molecular complexity index is 632. The Morgan fingerprint density at radius 1 is 1.12 bits per heavy atom. The molecule has 0 fully saturated rings. The number of fused-ring (bicyclic) bond motifs is 1. The van der Waals surface area contributed by atoms with Crippen LogP contribution in [-0.4, -0.2) is 15.0 Å². The first-order chi connectivity index (χ1) is 8.31. The van der Waals surface area contributed by atoms with Crippen molar-refractivity contribution in [3.63, 3.8) is 0 Å². The Kier molecular flexibility index (Phi) is 2.74. The van der Waals surface area contributed by atoms with Crippen molar-refractivity contribution in [3.05, 3.63) is 52.5 Å². The molecule has 0 saturated carbocycles. The zero-order chi connectivity index (χ0) is 11.7. The fourth-order valence-corrected chi connectivity index (χ4v) is 2.77. The summed E-state index contributed by atoms with van der Waals surface area (Å²) in [6, 6.07) is 9.96. The molecule has 0 saturated heterocycles. The number of para-hydroxylation sites is 1. The van der Waals surface area contributed by atoms with Crippen LogP contribution in [0.1, 0.15) is 10.7 Å². The SMILES string of the molecule is Clc1nccc(Cc2nc3ccccc3s2)n1. The highest BCUT2D eigenvalue weighted by Gasteiger charge is 2.05. The Hall–Kier alpha value is -1.52. The molecule has 0 aliphatic heterocycles. The monoisotopic (exact) mass is 261 g/mol. The van der Waals surface area contributed by atoms with Crippen molar-refractivity contribution in [3.8, 4) is 0 Å². The molecule has 3 aromatic rings. The minimum atomic E-state index is 0.281. The molecule has 0 aliphatic carbocycles. The molecule has 0 bridgehead atoms. The predicted octanol–water partition coefficient (Wildman–Crippen LogP) is 3.33. The smallest absolute Gasteiger partial charge is 0.222 e. The van der Waals surface area contributed by atoms with E-state index < -0.39 is 0 Å². The molecule has 17 heavy (non-hydrogen) atoms. The Morgan fingerprint density at radius 3 is 2.82 bits per heavy atom. The summed E-state index contributed by atoms with van der Waals surface area (Å²) >= 11 is 7.43. The average molecular weight is 262 g/mol. The van der Waals surface area contributed by atoms with Crippen LogP contribution in [0, 0.1) is 0 Å². The fourth-order valence-electron chi connectivity index (χ4n) is 1.62. The second-order valence-corrected chi connectivity index (χ2v) is 5.02. The maximum absolute atomic E-state index is 5.75. The summed E-state index contributed by atoms with van der Waals surface area (Å²) in [4.78, 5) is 12.6. The highest BCUT2D eigenvalue weighted by Crippen LogP contribution is 2.23. The van der Waals surface area contributed by atoms with Gasteiger partial charge >= 0.3 is 0 Å². The summed E-state index contributed by atoms with van der Waals surface area (Å²) in [5.41, 5.74) is 1.93. The highest BCUT2D eigenvalue weighted by atomic mass is 35.5. The van der Waals surface area contributed by atoms with Crippen molar-refractivity contribution in [2.24, 2.45) is 0 Å². The number of halogens is 1. The van der Waals surface area contributed by atoms with Gasteiger partial charge < -0.3 is 0 Å². The van der Waals surface area contributed by atoms with Crippen molar-refractivity contribution in [2.45, 2.75) is 6.42 Å². The predicted molar refractivity (Wildman–Crippen MR) is 69.5 cm³/mol. The molecule has 0 atom stereocenters. The van der Waals surface area contributed by atoms with Gasteiger partial charge in [-0.3, -0.25) is 0 Å². The van der Waals surface area contributed by atoms with E-state index in [-0.39, 0.29) is 5.28 Å². The summed E-state index contributed by atoms with van der Waals surface area (Å²) in [7, 11) is 0. The lowest BCUT2D eigenvalue weighted by Gasteiger charge is -1.96. The van der Waals surface area contributed by atoms with Crippen LogP contribution in [0.3, 0.4) is 0 Å². The fraction of sp³-hybridized carbons (Fsp3) is 0.0833. The Balaban J connectivity index is 1.94. The molecule has 1 aromatic carbocycles. The van der Waals surface area contributed by atoms with Crippen molar-refractivity contribution in [2.75, 3.05) is 0 Å². The van der Waals surface area contributed by atoms with E-state index >= 15 is 0 Å². The van der Waals surface area contributed by atoms with Gasteiger partial charge in [-0.25, -0.2) is 15.0 Å². The summed E-state index contributed by atoms with van der Waals surface area (Å²) in [6.45, 7) is 0. The summed E-state index contributed by atoms with van der Waals surface area (Å²) < 4.78 is 1.20. The lowest BCUT2D eigenvalue weighted by molar-refractivity contribution is 1.02. The van der Waals surface area contributed by atoms with Crippen molar-refractivity contribution >= 4 is 33.2 Å². The van der Waals surface area contributed by atoms with Crippen LogP contribution >= 0.6 is 22.9 Å². The maximum Gasteiger partial charge on any atom is 0.222 e. The second-order valence-electron chi connectivity index (χ2n) is 3.57. The number of rotatable bonds is 2. The van der Waals surface area contributed by atoms with E-state index in [4.69, 9.17) is 11.6 Å². The number of hydrogen-bond acceptors (Lipinski definition) is 4. The maximum atomic E-state index is 5.75. The molecule has 0 amide bonds. The van der Waals surface area contributed by atoms with Crippen LogP contribution < -0.4 is 0 Å². The molecule has 0 N–H and O–H groups in total. The number of nitrogens with zero attached hydrogens (tertiary/aromatic N) is 3. The minimum absolute atomic E-state index is 0.281. The average Bonchev–Trinajstić information content (AvgIpc) is 2.71. The normalized spacial score (nSPS) is 10.9. The highest BCUT2D eigenvalue weighted by molar-refractivity contribution is 7.18. The van der Waals surface area contributed by atoms with E-state index in [9.17, 15) is 0 Å². The third kappa shape index (κ3) is 2.28. The van der Waals surface area contributed by atoms with Gasteiger partial charge in [0, 0.05) is 12.6 Å². The van der Waals surface area contributed by atoms with Crippen LogP contribution in [0.15, 0.2) is 36.5 Å². The zero-order valence-corrected chi connectivity index (χ0v) is 10.4. The summed E-state index contributed by atoms with van der Waals surface area (Å²) in [5.74, 6) is 0. The third-order valence-electron chi connectivity index (χ3n) is 2.35. The van der Waals surface area contributed by atoms with Gasteiger partial charge in [0.15, 0.2) is 0 Å². The first-order valence-corrected chi connectivity index (χ1v) is 6.32. The van der Waals surface area contributed by atoms with E-state index in [0.29, 0.717) is 6.42 Å². The molecule has 0 unspecified atom stereocenters. The van der Waals surface area contributed by atoms with Gasteiger partial charge in [-0.2, -0.15) is 0 Å². The van der Waals surface area contributed by atoms with Gasteiger partial charge in [-0.15, -0.1) is 11.3 Å². The number of benzene rings is 1. The van der Waals surface area contributed by atoms with Crippen molar-refractivity contribution in [1.29, 1.82) is 0 Å². The van der Waals surface area contributed by atoms with Crippen molar-refractivity contribution < 1.29 is 0 Å². The molecule has 3 rings (SSSR count). The topological polar surface area (TPSA) is 38.7 Å². The lowest BCUT2D eigenvalue weighted by atomic mass is 10.3. The summed E-state index contributed by atoms with van der Waals surface area (Å²) in [6.07, 6.45) is 2.36. The molecule has 0 radical (unpaired) electrons. The molecule has 0 aliphatic rings. The van der Waals surface area contributed by atoms with Gasteiger partial charge in [0.1, 0.15) is 0 Å². The van der Waals surface area contributed by atoms with Crippen LogP contribution in [-0.2, 0) is 6.42 Å². The molecular formula is C12H8ClN3S. The molecule has 2 aromatic heterocycles. The van der Waals surface area contributed by atoms with E-state index in [1.54, 1.807) is 17.5 Å². The van der Waals surface area contributed by atoms with E-state index in [2.05, 4.69) is 21.0 Å². The quantitative estimate of drug-likeness (QED) is 0.664. The molecule has 84 valence electrons. The lowest BCUT2D eigenvalue weighted by Crippen LogP contribution is -1.92. The van der Waals surface area contributed by atoms with E-state index in [1.807, 2.05) is 24.3 Å². The molecule has 0 spiro atoms. The molecular weight excluding hydrogens is 254 g/mol. The largest absolute Gasteiger partial charge is 0.241 e. The van der Waals surface area contributed by atoms with Crippen molar-refractivity contribution in [1.82, 2.24) is 15.0 Å². The van der Waals surface area contributed by atoms with Crippen LogP contribution in [0.5, 0.6) is 0 Å². The van der Waals surface area contributed by atoms with Gasteiger partial charge in [0.25, 0.3) is 0 Å². The molecule has 2 heterocycles. The standard InChI is InChI=1S/C12H8ClN3S/c13-12-14-6-5-8(15-12)7-11-16-9-3-1-2-4-10(9)17-11/h1-6H,7H2. The zero-order valence-electron chi connectivity index (χ0n) is 8.80. The number of hydrogen-bond donors (Lipinski definition) is 0. The summed E-state index contributed by atoms with van der Waals surface area (Å²) in [5, 5.41) is 1.32. The second kappa shape index (κ2) is 4.39. The molecule has 3 nitrogen and oxygen atoms in total.